The van der Waals surface area contributed by atoms with Gasteiger partial charge in [0.25, 0.3) is 0 Å². The van der Waals surface area contributed by atoms with Crippen LogP contribution < -0.4 is 10.1 Å². The predicted octanol–water partition coefficient (Wildman–Crippen LogP) is 2.20. The lowest BCUT2D eigenvalue weighted by Crippen LogP contribution is -2.32. The molecule has 0 saturated carbocycles. The maximum Gasteiger partial charge on any atom is 0.127 e. The first kappa shape index (κ1) is 12.6. The van der Waals surface area contributed by atoms with Crippen molar-refractivity contribution >= 4 is 22.0 Å². The molecule has 1 aliphatic rings. The molecule has 1 aliphatic heterocycles. The summed E-state index contributed by atoms with van der Waals surface area (Å²) in [5.41, 5.74) is 2.29. The fourth-order valence-corrected chi connectivity index (χ4v) is 2.05. The Balaban J connectivity index is 2.06. The smallest absolute Gasteiger partial charge is 0.127 e. The Kier molecular flexibility index (Phi) is 4.20. The maximum atomic E-state index is 8.94. The van der Waals surface area contributed by atoms with Gasteiger partial charge in [-0.25, -0.2) is 0 Å². The van der Waals surface area contributed by atoms with Crippen molar-refractivity contribution in [1.82, 2.24) is 5.32 Å². The highest BCUT2D eigenvalue weighted by molar-refractivity contribution is 9.10. The van der Waals surface area contributed by atoms with E-state index in [0.717, 1.165) is 22.3 Å². The Hall–Kier alpha value is -0.840. The van der Waals surface area contributed by atoms with Crippen LogP contribution in [0.15, 0.2) is 28.2 Å². The Morgan fingerprint density at radius 1 is 1.53 bits per heavy atom. The molecule has 1 aromatic rings. The van der Waals surface area contributed by atoms with Gasteiger partial charge in [0.1, 0.15) is 12.4 Å². The average molecular weight is 298 g/mol. The molecule has 3 nitrogen and oxygen atoms in total. The molecular weight excluding hydrogens is 282 g/mol. The molecule has 4 heteroatoms. The summed E-state index contributed by atoms with van der Waals surface area (Å²) in [6.45, 7) is 3.46. The van der Waals surface area contributed by atoms with E-state index in [2.05, 4.69) is 27.3 Å². The quantitative estimate of drug-likeness (QED) is 0.895. The van der Waals surface area contributed by atoms with E-state index in [0.29, 0.717) is 6.61 Å². The largest absolute Gasteiger partial charge is 0.489 e. The predicted molar refractivity (Wildman–Crippen MR) is 72.2 cm³/mol. The van der Waals surface area contributed by atoms with Gasteiger partial charge in [0.2, 0.25) is 0 Å². The minimum Gasteiger partial charge on any atom is -0.489 e. The Morgan fingerprint density at radius 2 is 2.35 bits per heavy atom. The van der Waals surface area contributed by atoms with Crippen LogP contribution in [0.3, 0.4) is 0 Å². The monoisotopic (exact) mass is 297 g/mol. The van der Waals surface area contributed by atoms with Crippen LogP contribution in [0, 0.1) is 0 Å². The van der Waals surface area contributed by atoms with E-state index in [1.807, 2.05) is 25.1 Å². The number of benzene rings is 1. The molecule has 0 spiro atoms. The molecule has 1 atom stereocenters. The lowest BCUT2D eigenvalue weighted by Gasteiger charge is -2.19. The lowest BCUT2D eigenvalue weighted by atomic mass is 10.1. The third kappa shape index (κ3) is 3.31. The molecule has 1 heterocycles. The van der Waals surface area contributed by atoms with E-state index >= 15 is 0 Å². The Labute approximate surface area is 110 Å². The fraction of sp³-hybridized carbons (Fsp3) is 0.385. The number of nitrogens with one attached hydrogen (secondary N) is 1. The summed E-state index contributed by atoms with van der Waals surface area (Å²) in [5.74, 6) is 0.923. The van der Waals surface area contributed by atoms with Gasteiger partial charge < -0.3 is 15.2 Å². The van der Waals surface area contributed by atoms with Crippen LogP contribution in [0.2, 0.25) is 0 Å². The van der Waals surface area contributed by atoms with Crippen LogP contribution in [0.1, 0.15) is 12.5 Å². The first-order valence-electron chi connectivity index (χ1n) is 5.65. The molecule has 0 fully saturated rings. The van der Waals surface area contributed by atoms with Crippen molar-refractivity contribution in [2.45, 2.75) is 13.0 Å². The summed E-state index contributed by atoms with van der Waals surface area (Å²) in [7, 11) is 0. The molecule has 0 amide bonds. The number of aliphatic hydroxyl groups is 1. The van der Waals surface area contributed by atoms with Gasteiger partial charge in [0, 0.05) is 22.6 Å². The minimum absolute atomic E-state index is 0.111. The molecule has 92 valence electrons. The second-order valence-electron chi connectivity index (χ2n) is 4.24. The zero-order valence-electron chi connectivity index (χ0n) is 9.74. The Bertz CT molecular complexity index is 431. The van der Waals surface area contributed by atoms with Gasteiger partial charge in [-0.1, -0.05) is 15.9 Å². The van der Waals surface area contributed by atoms with E-state index in [1.165, 1.54) is 5.57 Å². The second kappa shape index (κ2) is 5.67. The topological polar surface area (TPSA) is 41.5 Å². The summed E-state index contributed by atoms with van der Waals surface area (Å²) in [5, 5.41) is 12.2. The standard InChI is InChI=1S/C13H16BrNO2/c1-9(7-16)15-6-10-4-11-5-12(14)2-3-13(11)17-8-10/h2-5,9,15-16H,6-8H2,1H3/t9-/m1/s1. The minimum atomic E-state index is 0.111. The zero-order valence-corrected chi connectivity index (χ0v) is 11.3. The summed E-state index contributed by atoms with van der Waals surface area (Å²) >= 11 is 3.45. The van der Waals surface area contributed by atoms with Crippen molar-refractivity contribution in [3.63, 3.8) is 0 Å². The van der Waals surface area contributed by atoms with Crippen molar-refractivity contribution in [3.05, 3.63) is 33.8 Å². The normalized spacial score (nSPS) is 15.8. The third-order valence-corrected chi connectivity index (χ3v) is 3.19. The zero-order chi connectivity index (χ0) is 12.3. The SMILES string of the molecule is C[C@H](CO)NCC1=Cc2cc(Br)ccc2OC1. The van der Waals surface area contributed by atoms with Crippen molar-refractivity contribution in [2.24, 2.45) is 0 Å². The van der Waals surface area contributed by atoms with Gasteiger partial charge in [0.05, 0.1) is 6.61 Å². The van der Waals surface area contributed by atoms with Gasteiger partial charge in [0.15, 0.2) is 0 Å². The molecule has 2 rings (SSSR count). The number of aliphatic hydroxyl groups excluding tert-OH is 1. The van der Waals surface area contributed by atoms with Crippen LogP contribution in [-0.2, 0) is 0 Å². The van der Waals surface area contributed by atoms with E-state index in [-0.39, 0.29) is 12.6 Å². The van der Waals surface area contributed by atoms with Gasteiger partial charge in [-0.15, -0.1) is 0 Å². The van der Waals surface area contributed by atoms with Crippen LogP contribution in [-0.4, -0.2) is 30.9 Å². The van der Waals surface area contributed by atoms with Crippen LogP contribution in [0.4, 0.5) is 0 Å². The molecule has 0 saturated heterocycles. The first-order valence-corrected chi connectivity index (χ1v) is 6.44. The van der Waals surface area contributed by atoms with E-state index in [9.17, 15) is 0 Å². The number of hydrogen-bond acceptors (Lipinski definition) is 3. The molecule has 0 aliphatic carbocycles. The number of rotatable bonds is 4. The molecule has 2 N–H and O–H groups in total. The molecule has 0 radical (unpaired) electrons. The van der Waals surface area contributed by atoms with E-state index < -0.39 is 0 Å². The number of fused-ring (bicyclic) bond motifs is 1. The van der Waals surface area contributed by atoms with Gasteiger partial charge in [-0.2, -0.15) is 0 Å². The van der Waals surface area contributed by atoms with Crippen LogP contribution >= 0.6 is 15.9 Å². The lowest BCUT2D eigenvalue weighted by molar-refractivity contribution is 0.252. The maximum absolute atomic E-state index is 8.94. The van der Waals surface area contributed by atoms with Gasteiger partial charge in [-0.3, -0.25) is 0 Å². The van der Waals surface area contributed by atoms with E-state index in [4.69, 9.17) is 9.84 Å². The van der Waals surface area contributed by atoms with Crippen molar-refractivity contribution in [3.8, 4) is 5.75 Å². The highest BCUT2D eigenvalue weighted by atomic mass is 79.9. The van der Waals surface area contributed by atoms with Crippen molar-refractivity contribution in [2.75, 3.05) is 19.8 Å². The number of ether oxygens (including phenoxy) is 1. The van der Waals surface area contributed by atoms with Gasteiger partial charge >= 0.3 is 0 Å². The second-order valence-corrected chi connectivity index (χ2v) is 5.15. The van der Waals surface area contributed by atoms with Crippen molar-refractivity contribution < 1.29 is 9.84 Å². The summed E-state index contributed by atoms with van der Waals surface area (Å²) in [6, 6.07) is 6.10. The summed E-state index contributed by atoms with van der Waals surface area (Å²) in [4.78, 5) is 0. The molecule has 0 bridgehead atoms. The third-order valence-electron chi connectivity index (χ3n) is 2.70. The first-order chi connectivity index (χ1) is 8.19. The van der Waals surface area contributed by atoms with Crippen LogP contribution in [0.5, 0.6) is 5.75 Å². The van der Waals surface area contributed by atoms with Gasteiger partial charge in [-0.05, 0) is 36.8 Å². The summed E-state index contributed by atoms with van der Waals surface area (Å²) < 4.78 is 6.72. The molecule has 1 aromatic carbocycles. The van der Waals surface area contributed by atoms with Crippen LogP contribution in [0.25, 0.3) is 6.08 Å². The Morgan fingerprint density at radius 3 is 3.12 bits per heavy atom. The molecule has 17 heavy (non-hydrogen) atoms. The fourth-order valence-electron chi connectivity index (χ4n) is 1.67. The molecular formula is C13H16BrNO2. The van der Waals surface area contributed by atoms with E-state index in [1.54, 1.807) is 0 Å². The average Bonchev–Trinajstić information content (AvgIpc) is 2.35. The number of halogens is 1. The summed E-state index contributed by atoms with van der Waals surface area (Å²) in [6.07, 6.45) is 2.14. The number of hydrogen-bond donors (Lipinski definition) is 2. The highest BCUT2D eigenvalue weighted by Crippen LogP contribution is 2.28. The molecule has 0 unspecified atom stereocenters. The van der Waals surface area contributed by atoms with Crippen molar-refractivity contribution in [1.29, 1.82) is 0 Å². The highest BCUT2D eigenvalue weighted by Gasteiger charge is 2.12. The molecule has 0 aromatic heterocycles.